The quantitative estimate of drug-likeness (QED) is 0.735. The Bertz CT molecular complexity index is 453. The first-order chi connectivity index (χ1) is 9.32. The first-order valence-electron chi connectivity index (χ1n) is 6.85. The fourth-order valence-corrected chi connectivity index (χ4v) is 2.50. The molecule has 4 nitrogen and oxygen atoms in total. The molecule has 0 aliphatic carbocycles. The minimum absolute atomic E-state index is 0.143. The van der Waals surface area contributed by atoms with E-state index in [-0.39, 0.29) is 11.7 Å². The highest BCUT2D eigenvalue weighted by atomic mass is 127. The number of halogens is 1. The number of rotatable bonds is 6. The topological polar surface area (TPSA) is 52.6 Å². The van der Waals surface area contributed by atoms with Gasteiger partial charge < -0.3 is 10.4 Å². The van der Waals surface area contributed by atoms with Crippen LogP contribution in [0.2, 0.25) is 0 Å². The maximum absolute atomic E-state index is 12.0. The van der Waals surface area contributed by atoms with Gasteiger partial charge >= 0.3 is 0 Å². The van der Waals surface area contributed by atoms with Gasteiger partial charge in [0.1, 0.15) is 5.75 Å². The average Bonchev–Trinajstić information content (AvgIpc) is 2.36. The molecule has 0 fully saturated rings. The van der Waals surface area contributed by atoms with E-state index in [4.69, 9.17) is 0 Å². The van der Waals surface area contributed by atoms with Crippen LogP contribution in [0.4, 0.5) is 0 Å². The molecule has 0 saturated carbocycles. The zero-order chi connectivity index (χ0) is 15.3. The zero-order valence-corrected chi connectivity index (χ0v) is 14.6. The highest BCUT2D eigenvalue weighted by Crippen LogP contribution is 2.20. The van der Waals surface area contributed by atoms with Gasteiger partial charge in [-0.2, -0.15) is 0 Å². The van der Waals surface area contributed by atoms with E-state index in [1.54, 1.807) is 12.1 Å². The molecule has 2 N–H and O–H groups in total. The SMILES string of the molecule is CC(C)N(CCNC(=O)c1ccc(I)c(O)c1)C(C)C. The standard InChI is InChI=1S/C15H23IN2O2/c1-10(2)18(11(3)4)8-7-17-15(20)12-5-6-13(16)14(19)9-12/h5-6,9-11,19H,7-8H2,1-4H3,(H,17,20). The Balaban J connectivity index is 2.53. The molecule has 1 aromatic rings. The fourth-order valence-electron chi connectivity index (χ4n) is 2.17. The van der Waals surface area contributed by atoms with E-state index in [1.807, 2.05) is 22.6 Å². The van der Waals surface area contributed by atoms with E-state index in [9.17, 15) is 9.90 Å². The third-order valence-corrected chi connectivity index (χ3v) is 4.10. The minimum atomic E-state index is -0.149. The lowest BCUT2D eigenvalue weighted by Gasteiger charge is -2.30. The van der Waals surface area contributed by atoms with Gasteiger partial charge in [0.05, 0.1) is 3.57 Å². The van der Waals surface area contributed by atoms with Crippen LogP contribution in [-0.2, 0) is 0 Å². The van der Waals surface area contributed by atoms with Crippen LogP contribution in [0, 0.1) is 3.57 Å². The first kappa shape index (κ1) is 17.2. The number of aromatic hydroxyl groups is 1. The van der Waals surface area contributed by atoms with Crippen molar-refractivity contribution in [3.8, 4) is 5.75 Å². The molecule has 0 heterocycles. The van der Waals surface area contributed by atoms with Crippen molar-refractivity contribution in [2.75, 3.05) is 13.1 Å². The molecule has 0 aliphatic rings. The van der Waals surface area contributed by atoms with Crippen molar-refractivity contribution in [3.63, 3.8) is 0 Å². The monoisotopic (exact) mass is 390 g/mol. The molecule has 1 amide bonds. The number of carbonyl (C=O) groups is 1. The smallest absolute Gasteiger partial charge is 0.251 e. The Morgan fingerprint density at radius 1 is 1.30 bits per heavy atom. The van der Waals surface area contributed by atoms with Gasteiger partial charge in [-0.05, 0) is 68.5 Å². The van der Waals surface area contributed by atoms with Crippen molar-refractivity contribution >= 4 is 28.5 Å². The molecule has 5 heteroatoms. The highest BCUT2D eigenvalue weighted by Gasteiger charge is 2.13. The summed E-state index contributed by atoms with van der Waals surface area (Å²) in [4.78, 5) is 14.3. The summed E-state index contributed by atoms with van der Waals surface area (Å²) >= 11 is 2.03. The van der Waals surface area contributed by atoms with Crippen LogP contribution in [0.15, 0.2) is 18.2 Å². The van der Waals surface area contributed by atoms with Gasteiger partial charge in [0, 0.05) is 30.7 Å². The number of nitrogens with one attached hydrogen (secondary N) is 1. The molecule has 20 heavy (non-hydrogen) atoms. The number of benzene rings is 1. The average molecular weight is 390 g/mol. The van der Waals surface area contributed by atoms with Crippen LogP contribution in [0.25, 0.3) is 0 Å². The van der Waals surface area contributed by atoms with Gasteiger partial charge in [-0.3, -0.25) is 9.69 Å². The number of phenolic OH excluding ortho intramolecular Hbond substituents is 1. The molecule has 112 valence electrons. The Labute approximate surface area is 134 Å². The molecular weight excluding hydrogens is 367 g/mol. The van der Waals surface area contributed by atoms with E-state index < -0.39 is 0 Å². The molecular formula is C15H23IN2O2. The normalized spacial score (nSPS) is 11.4. The predicted octanol–water partition coefficient (Wildman–Crippen LogP) is 2.85. The number of amides is 1. The van der Waals surface area contributed by atoms with Crippen LogP contribution in [0.1, 0.15) is 38.1 Å². The van der Waals surface area contributed by atoms with E-state index in [0.717, 1.165) is 10.1 Å². The van der Waals surface area contributed by atoms with Gasteiger partial charge in [0.15, 0.2) is 0 Å². The summed E-state index contributed by atoms with van der Waals surface area (Å²) in [6.45, 7) is 10.0. The maximum atomic E-state index is 12.0. The second-order valence-corrected chi connectivity index (χ2v) is 6.51. The molecule has 0 aliphatic heterocycles. The molecule has 1 rings (SSSR count). The lowest BCUT2D eigenvalue weighted by atomic mass is 10.2. The number of hydrogen-bond acceptors (Lipinski definition) is 3. The van der Waals surface area contributed by atoms with E-state index in [0.29, 0.717) is 24.2 Å². The highest BCUT2D eigenvalue weighted by molar-refractivity contribution is 14.1. The summed E-state index contributed by atoms with van der Waals surface area (Å²) in [5.74, 6) is -0.00611. The van der Waals surface area contributed by atoms with E-state index >= 15 is 0 Å². The van der Waals surface area contributed by atoms with Crippen molar-refractivity contribution in [2.45, 2.75) is 39.8 Å². The fraction of sp³-hybridized carbons (Fsp3) is 0.533. The molecule has 0 aromatic heterocycles. The van der Waals surface area contributed by atoms with Gasteiger partial charge in [-0.25, -0.2) is 0 Å². The molecule has 0 bridgehead atoms. The van der Waals surface area contributed by atoms with Gasteiger partial charge in [-0.1, -0.05) is 0 Å². The second-order valence-electron chi connectivity index (χ2n) is 5.35. The third kappa shape index (κ3) is 4.94. The van der Waals surface area contributed by atoms with Gasteiger partial charge in [-0.15, -0.1) is 0 Å². The van der Waals surface area contributed by atoms with Crippen molar-refractivity contribution in [1.29, 1.82) is 0 Å². The molecule has 0 radical (unpaired) electrons. The molecule has 0 unspecified atom stereocenters. The van der Waals surface area contributed by atoms with Crippen molar-refractivity contribution in [1.82, 2.24) is 10.2 Å². The Kier molecular flexibility index (Phi) is 6.75. The summed E-state index contributed by atoms with van der Waals surface area (Å²) < 4.78 is 0.741. The summed E-state index contributed by atoms with van der Waals surface area (Å²) in [6, 6.07) is 5.86. The third-order valence-electron chi connectivity index (χ3n) is 3.19. The zero-order valence-electron chi connectivity index (χ0n) is 12.5. The van der Waals surface area contributed by atoms with Crippen LogP contribution in [-0.4, -0.2) is 41.1 Å². The number of hydrogen-bond donors (Lipinski definition) is 2. The number of carbonyl (C=O) groups excluding carboxylic acids is 1. The summed E-state index contributed by atoms with van der Waals surface area (Å²) in [7, 11) is 0. The van der Waals surface area contributed by atoms with Gasteiger partial charge in [0.25, 0.3) is 5.91 Å². The molecule has 0 atom stereocenters. The van der Waals surface area contributed by atoms with Crippen molar-refractivity contribution in [3.05, 3.63) is 27.3 Å². The van der Waals surface area contributed by atoms with Crippen molar-refractivity contribution in [2.24, 2.45) is 0 Å². The van der Waals surface area contributed by atoms with E-state index in [2.05, 4.69) is 37.9 Å². The van der Waals surface area contributed by atoms with Crippen LogP contribution in [0.5, 0.6) is 5.75 Å². The summed E-state index contributed by atoms with van der Waals surface area (Å²) in [5, 5.41) is 12.5. The first-order valence-corrected chi connectivity index (χ1v) is 7.93. The van der Waals surface area contributed by atoms with Gasteiger partial charge in [0.2, 0.25) is 0 Å². The maximum Gasteiger partial charge on any atom is 0.251 e. The van der Waals surface area contributed by atoms with Crippen molar-refractivity contribution < 1.29 is 9.90 Å². The number of phenols is 1. The van der Waals surface area contributed by atoms with E-state index in [1.165, 1.54) is 6.07 Å². The Morgan fingerprint density at radius 2 is 1.90 bits per heavy atom. The predicted molar refractivity (Wildman–Crippen MR) is 90.1 cm³/mol. The number of nitrogens with zero attached hydrogens (tertiary/aromatic N) is 1. The lowest BCUT2D eigenvalue weighted by molar-refractivity contribution is 0.0939. The molecule has 0 saturated heterocycles. The Morgan fingerprint density at radius 3 is 2.40 bits per heavy atom. The summed E-state index contributed by atoms with van der Waals surface area (Å²) in [6.07, 6.45) is 0. The summed E-state index contributed by atoms with van der Waals surface area (Å²) in [5.41, 5.74) is 0.489. The molecule has 1 aromatic carbocycles. The second kappa shape index (κ2) is 7.83. The van der Waals surface area contributed by atoms with Crippen LogP contribution >= 0.6 is 22.6 Å². The van der Waals surface area contributed by atoms with Crippen LogP contribution in [0.3, 0.4) is 0 Å². The minimum Gasteiger partial charge on any atom is -0.507 e. The Hall–Kier alpha value is -0.820. The molecule has 0 spiro atoms. The van der Waals surface area contributed by atoms with Crippen LogP contribution < -0.4 is 5.32 Å². The largest absolute Gasteiger partial charge is 0.507 e. The lowest BCUT2D eigenvalue weighted by Crippen LogP contribution is -2.42.